The predicted octanol–water partition coefficient (Wildman–Crippen LogP) is 1.61. The van der Waals surface area contributed by atoms with Crippen molar-refractivity contribution in [2.75, 3.05) is 27.2 Å². The maximum atomic E-state index is 12.7. The van der Waals surface area contributed by atoms with Crippen molar-refractivity contribution >= 4 is 5.91 Å². The number of hydrogen-bond donors (Lipinski definition) is 0. The lowest BCUT2D eigenvalue weighted by Gasteiger charge is -2.39. The number of likely N-dealkylation sites (tertiary alicyclic amines) is 1. The van der Waals surface area contributed by atoms with Crippen LogP contribution in [-0.4, -0.2) is 58.7 Å². The lowest BCUT2D eigenvalue weighted by atomic mass is 9.91. The van der Waals surface area contributed by atoms with Gasteiger partial charge in [-0.05, 0) is 45.3 Å². The molecule has 0 N–H and O–H groups in total. The zero-order chi connectivity index (χ0) is 14.7. The zero-order valence-corrected chi connectivity index (χ0v) is 13.0. The van der Waals surface area contributed by atoms with Crippen molar-refractivity contribution in [3.05, 3.63) is 18.0 Å². The van der Waals surface area contributed by atoms with Gasteiger partial charge in [-0.2, -0.15) is 5.10 Å². The van der Waals surface area contributed by atoms with Crippen LogP contribution in [0.2, 0.25) is 0 Å². The van der Waals surface area contributed by atoms with Gasteiger partial charge in [0, 0.05) is 32.4 Å². The smallest absolute Gasteiger partial charge is 0.274 e. The Morgan fingerprint density at radius 3 is 2.85 bits per heavy atom. The molecule has 112 valence electrons. The van der Waals surface area contributed by atoms with Crippen LogP contribution in [0.4, 0.5) is 0 Å². The molecule has 2 rings (SSSR count). The summed E-state index contributed by atoms with van der Waals surface area (Å²) in [6.07, 6.45) is 5.25. The fraction of sp³-hybridized carbons (Fsp3) is 0.733. The lowest BCUT2D eigenvalue weighted by molar-refractivity contribution is 0.0496. The summed E-state index contributed by atoms with van der Waals surface area (Å²) >= 11 is 0. The van der Waals surface area contributed by atoms with Gasteiger partial charge < -0.3 is 9.80 Å². The highest BCUT2D eigenvalue weighted by atomic mass is 16.2. The van der Waals surface area contributed by atoms with Gasteiger partial charge in [-0.15, -0.1) is 0 Å². The van der Waals surface area contributed by atoms with Crippen molar-refractivity contribution < 1.29 is 4.79 Å². The maximum Gasteiger partial charge on any atom is 0.274 e. The van der Waals surface area contributed by atoms with Gasteiger partial charge in [0.15, 0.2) is 0 Å². The van der Waals surface area contributed by atoms with Crippen molar-refractivity contribution in [3.8, 4) is 0 Å². The third-order valence-electron chi connectivity index (χ3n) is 4.05. The van der Waals surface area contributed by atoms with E-state index in [2.05, 4.69) is 31.0 Å². The van der Waals surface area contributed by atoms with Gasteiger partial charge in [0.05, 0.1) is 0 Å². The fourth-order valence-corrected chi connectivity index (χ4v) is 3.18. The second-order valence-electron chi connectivity index (χ2n) is 6.18. The van der Waals surface area contributed by atoms with Gasteiger partial charge in [-0.1, -0.05) is 6.92 Å². The molecule has 0 bridgehead atoms. The van der Waals surface area contributed by atoms with Crippen LogP contribution in [0.25, 0.3) is 0 Å². The van der Waals surface area contributed by atoms with E-state index in [1.54, 1.807) is 4.68 Å². The standard InChI is InChI=1S/C15H26N4O/c1-12(11-17(2)3)14-7-5-6-9-19(14)15(20)13-8-10-18(4)16-13/h8,10,12,14H,5-7,9,11H2,1-4H3. The molecule has 2 unspecified atom stereocenters. The second kappa shape index (κ2) is 6.39. The highest BCUT2D eigenvalue weighted by Gasteiger charge is 2.32. The van der Waals surface area contributed by atoms with E-state index in [1.165, 1.54) is 6.42 Å². The van der Waals surface area contributed by atoms with Crippen LogP contribution in [0.3, 0.4) is 0 Å². The van der Waals surface area contributed by atoms with Gasteiger partial charge in [0.2, 0.25) is 0 Å². The van der Waals surface area contributed by atoms with Gasteiger partial charge in [-0.3, -0.25) is 9.48 Å². The minimum absolute atomic E-state index is 0.0842. The molecule has 2 atom stereocenters. The van der Waals surface area contributed by atoms with Crippen LogP contribution in [0.15, 0.2) is 12.3 Å². The third-order valence-corrected chi connectivity index (χ3v) is 4.05. The van der Waals surface area contributed by atoms with Crippen LogP contribution in [0.5, 0.6) is 0 Å². The maximum absolute atomic E-state index is 12.7. The molecule has 1 aliphatic rings. The van der Waals surface area contributed by atoms with Crippen LogP contribution in [0.1, 0.15) is 36.7 Å². The summed E-state index contributed by atoms with van der Waals surface area (Å²) in [7, 11) is 6.02. The molecule has 2 heterocycles. The van der Waals surface area contributed by atoms with Crippen molar-refractivity contribution in [2.24, 2.45) is 13.0 Å². The van der Waals surface area contributed by atoms with E-state index in [4.69, 9.17) is 0 Å². The summed E-state index contributed by atoms with van der Waals surface area (Å²) < 4.78 is 1.69. The van der Waals surface area contributed by atoms with E-state index >= 15 is 0 Å². The van der Waals surface area contributed by atoms with Crippen molar-refractivity contribution in [2.45, 2.75) is 32.2 Å². The topological polar surface area (TPSA) is 41.4 Å². The van der Waals surface area contributed by atoms with Crippen molar-refractivity contribution in [3.63, 3.8) is 0 Å². The Bertz CT molecular complexity index is 454. The van der Waals surface area contributed by atoms with E-state index in [1.807, 2.05) is 24.2 Å². The zero-order valence-electron chi connectivity index (χ0n) is 13.0. The molecular weight excluding hydrogens is 252 g/mol. The number of carbonyl (C=O) groups is 1. The van der Waals surface area contributed by atoms with Gasteiger partial charge in [0.25, 0.3) is 5.91 Å². The Hall–Kier alpha value is -1.36. The molecule has 5 heteroatoms. The normalized spacial score (nSPS) is 21.2. The first kappa shape index (κ1) is 15.0. The number of aryl methyl sites for hydroxylation is 1. The number of rotatable bonds is 4. The van der Waals surface area contributed by atoms with Gasteiger partial charge >= 0.3 is 0 Å². The van der Waals surface area contributed by atoms with Gasteiger partial charge in [-0.25, -0.2) is 0 Å². The molecule has 0 saturated carbocycles. The Morgan fingerprint density at radius 1 is 1.50 bits per heavy atom. The summed E-state index contributed by atoms with van der Waals surface area (Å²) in [5, 5.41) is 4.26. The van der Waals surface area contributed by atoms with Crippen molar-refractivity contribution in [1.82, 2.24) is 19.6 Å². The third kappa shape index (κ3) is 3.39. The summed E-state index contributed by atoms with van der Waals surface area (Å²) in [6.45, 7) is 4.11. The van der Waals surface area contributed by atoms with Gasteiger partial charge in [0.1, 0.15) is 5.69 Å². The molecule has 1 aromatic rings. The number of aromatic nitrogens is 2. The second-order valence-corrected chi connectivity index (χ2v) is 6.18. The minimum Gasteiger partial charge on any atom is -0.334 e. The largest absolute Gasteiger partial charge is 0.334 e. The average molecular weight is 278 g/mol. The summed E-state index contributed by atoms with van der Waals surface area (Å²) in [5.74, 6) is 0.568. The number of amides is 1. The van der Waals surface area contributed by atoms with Crippen LogP contribution < -0.4 is 0 Å². The molecule has 1 saturated heterocycles. The Kier molecular flexibility index (Phi) is 4.81. The highest BCUT2D eigenvalue weighted by Crippen LogP contribution is 2.25. The molecule has 0 aliphatic carbocycles. The Labute approximate surface area is 121 Å². The first-order chi connectivity index (χ1) is 9.49. The first-order valence-electron chi connectivity index (χ1n) is 7.44. The summed E-state index contributed by atoms with van der Waals surface area (Å²) in [5.41, 5.74) is 0.566. The van der Waals surface area contributed by atoms with E-state index in [0.29, 0.717) is 17.7 Å². The number of carbonyl (C=O) groups excluding carboxylic acids is 1. The first-order valence-corrected chi connectivity index (χ1v) is 7.44. The molecule has 0 radical (unpaired) electrons. The number of nitrogens with zero attached hydrogens (tertiary/aromatic N) is 4. The molecule has 5 nitrogen and oxygen atoms in total. The number of hydrogen-bond acceptors (Lipinski definition) is 3. The molecular formula is C15H26N4O. The molecule has 1 aromatic heterocycles. The highest BCUT2D eigenvalue weighted by molar-refractivity contribution is 5.92. The molecule has 0 aromatic carbocycles. The van der Waals surface area contributed by atoms with E-state index in [-0.39, 0.29) is 5.91 Å². The van der Waals surface area contributed by atoms with Crippen molar-refractivity contribution in [1.29, 1.82) is 0 Å². The van der Waals surface area contributed by atoms with Crippen LogP contribution >= 0.6 is 0 Å². The predicted molar refractivity (Wildman–Crippen MR) is 79.6 cm³/mol. The average Bonchev–Trinajstić information content (AvgIpc) is 2.84. The molecule has 1 aliphatic heterocycles. The quantitative estimate of drug-likeness (QED) is 0.840. The molecule has 1 fully saturated rings. The van der Waals surface area contributed by atoms with E-state index < -0.39 is 0 Å². The lowest BCUT2D eigenvalue weighted by Crippen LogP contribution is -2.49. The molecule has 1 amide bonds. The Morgan fingerprint density at radius 2 is 2.25 bits per heavy atom. The SMILES string of the molecule is CC(CN(C)C)C1CCCCN1C(=O)c1ccn(C)n1. The van der Waals surface area contributed by atoms with Crippen LogP contribution in [0, 0.1) is 5.92 Å². The summed E-state index contributed by atoms with van der Waals surface area (Å²) in [6, 6.07) is 2.14. The molecule has 0 spiro atoms. The Balaban J connectivity index is 2.12. The van der Waals surface area contributed by atoms with E-state index in [0.717, 1.165) is 25.9 Å². The van der Waals surface area contributed by atoms with Crippen LogP contribution in [-0.2, 0) is 7.05 Å². The minimum atomic E-state index is 0.0842. The number of piperidine rings is 1. The monoisotopic (exact) mass is 278 g/mol. The summed E-state index contributed by atoms with van der Waals surface area (Å²) in [4.78, 5) is 16.9. The van der Waals surface area contributed by atoms with E-state index in [9.17, 15) is 4.79 Å². The molecule has 20 heavy (non-hydrogen) atoms. The fourth-order valence-electron chi connectivity index (χ4n) is 3.18.